The molecule has 5 rings (SSSR count). The van der Waals surface area contributed by atoms with E-state index in [1.807, 2.05) is 25.1 Å². The summed E-state index contributed by atoms with van der Waals surface area (Å²) in [7, 11) is 1.56. The SMILES string of the molecule is COc1cnccc1-c1cc(C)ncc1C(=O)Nc1nc2ncc(-c3ccc(C#N)cc3)nc2s1. The fourth-order valence-corrected chi connectivity index (χ4v) is 4.32. The van der Waals surface area contributed by atoms with Crippen molar-refractivity contribution in [3.63, 3.8) is 0 Å². The minimum atomic E-state index is -0.363. The van der Waals surface area contributed by atoms with Crippen LogP contribution in [0.5, 0.6) is 5.75 Å². The Labute approximate surface area is 204 Å². The van der Waals surface area contributed by atoms with Crippen molar-refractivity contribution in [3.8, 4) is 34.2 Å². The first-order chi connectivity index (χ1) is 17.1. The number of carbonyl (C=O) groups is 1. The average Bonchev–Trinajstić information content (AvgIpc) is 3.30. The van der Waals surface area contributed by atoms with Crippen molar-refractivity contribution in [1.82, 2.24) is 24.9 Å². The first-order valence-electron chi connectivity index (χ1n) is 10.5. The first-order valence-corrected chi connectivity index (χ1v) is 11.3. The van der Waals surface area contributed by atoms with E-state index in [0.717, 1.165) is 16.8 Å². The number of pyridine rings is 2. The predicted molar refractivity (Wildman–Crippen MR) is 132 cm³/mol. The molecule has 0 fully saturated rings. The molecule has 0 aliphatic heterocycles. The second-order valence-corrected chi connectivity index (χ2v) is 8.47. The molecule has 0 spiro atoms. The van der Waals surface area contributed by atoms with Crippen molar-refractivity contribution in [1.29, 1.82) is 5.26 Å². The summed E-state index contributed by atoms with van der Waals surface area (Å²) >= 11 is 1.23. The lowest BCUT2D eigenvalue weighted by Gasteiger charge is -2.12. The molecule has 9 nitrogen and oxygen atoms in total. The number of amides is 1. The number of nitrogens with zero attached hydrogens (tertiary/aromatic N) is 6. The molecular formula is C25H17N7O2S. The van der Waals surface area contributed by atoms with E-state index in [-0.39, 0.29) is 5.91 Å². The number of nitrogens with one attached hydrogen (secondary N) is 1. The average molecular weight is 480 g/mol. The van der Waals surface area contributed by atoms with Gasteiger partial charge in [0.2, 0.25) is 0 Å². The van der Waals surface area contributed by atoms with E-state index < -0.39 is 0 Å². The normalized spacial score (nSPS) is 10.7. The second kappa shape index (κ2) is 9.24. The molecule has 4 aromatic heterocycles. The molecule has 0 saturated heterocycles. The van der Waals surface area contributed by atoms with Crippen molar-refractivity contribution in [2.24, 2.45) is 0 Å². The highest BCUT2D eigenvalue weighted by atomic mass is 32.1. The van der Waals surface area contributed by atoms with Crippen LogP contribution in [0.2, 0.25) is 0 Å². The van der Waals surface area contributed by atoms with Gasteiger partial charge in [-0.2, -0.15) is 10.2 Å². The quantitative estimate of drug-likeness (QED) is 0.386. The van der Waals surface area contributed by atoms with Gasteiger partial charge in [0.15, 0.2) is 15.6 Å². The number of fused-ring (bicyclic) bond motifs is 1. The van der Waals surface area contributed by atoms with Gasteiger partial charge >= 0.3 is 0 Å². The molecule has 0 saturated carbocycles. The van der Waals surface area contributed by atoms with Crippen LogP contribution in [0.15, 0.2) is 61.2 Å². The number of aromatic nitrogens is 5. The molecule has 0 atom stereocenters. The maximum absolute atomic E-state index is 13.2. The number of ether oxygens (including phenoxy) is 1. The van der Waals surface area contributed by atoms with Crippen molar-refractivity contribution in [3.05, 3.63) is 78.0 Å². The largest absolute Gasteiger partial charge is 0.494 e. The molecule has 4 heterocycles. The molecule has 0 bridgehead atoms. The minimum Gasteiger partial charge on any atom is -0.494 e. The second-order valence-electron chi connectivity index (χ2n) is 7.49. The lowest BCUT2D eigenvalue weighted by Crippen LogP contribution is -2.14. The Balaban J connectivity index is 1.46. The number of benzene rings is 1. The van der Waals surface area contributed by atoms with E-state index in [2.05, 4.69) is 36.3 Å². The lowest BCUT2D eigenvalue weighted by molar-refractivity contribution is 0.102. The Hall–Kier alpha value is -4.75. The van der Waals surface area contributed by atoms with Gasteiger partial charge in [-0.15, -0.1) is 0 Å². The number of aryl methyl sites for hydroxylation is 1. The molecular weight excluding hydrogens is 462 g/mol. The number of hydrogen-bond donors (Lipinski definition) is 1. The summed E-state index contributed by atoms with van der Waals surface area (Å²) in [6, 6.07) is 12.8. The smallest absolute Gasteiger partial charge is 0.259 e. The van der Waals surface area contributed by atoms with Gasteiger partial charge in [-0.25, -0.2) is 9.97 Å². The van der Waals surface area contributed by atoms with E-state index in [1.54, 1.807) is 43.9 Å². The van der Waals surface area contributed by atoms with Gasteiger partial charge < -0.3 is 4.74 Å². The predicted octanol–water partition coefficient (Wildman–Crippen LogP) is 4.65. The van der Waals surface area contributed by atoms with Crippen molar-refractivity contribution in [2.75, 3.05) is 12.4 Å². The van der Waals surface area contributed by atoms with Crippen LogP contribution in [0.3, 0.4) is 0 Å². The molecule has 35 heavy (non-hydrogen) atoms. The molecule has 0 aliphatic carbocycles. The number of anilines is 1. The molecule has 5 aromatic rings. The number of nitriles is 1. The molecule has 1 N–H and O–H groups in total. The van der Waals surface area contributed by atoms with E-state index in [9.17, 15) is 4.79 Å². The number of methoxy groups -OCH3 is 1. The highest BCUT2D eigenvalue weighted by molar-refractivity contribution is 7.21. The highest BCUT2D eigenvalue weighted by Crippen LogP contribution is 2.33. The Kier molecular flexibility index (Phi) is 5.83. The summed E-state index contributed by atoms with van der Waals surface area (Å²) in [6.07, 6.45) is 6.40. The number of thiazole rings is 1. The van der Waals surface area contributed by atoms with Gasteiger partial charge in [0.25, 0.3) is 5.91 Å². The van der Waals surface area contributed by atoms with Crippen LogP contribution in [0.4, 0.5) is 5.13 Å². The maximum Gasteiger partial charge on any atom is 0.259 e. The topological polar surface area (TPSA) is 127 Å². The van der Waals surface area contributed by atoms with Crippen LogP contribution >= 0.6 is 11.3 Å². The fourth-order valence-electron chi connectivity index (χ4n) is 3.52. The van der Waals surface area contributed by atoms with Crippen LogP contribution in [0, 0.1) is 18.3 Å². The summed E-state index contributed by atoms with van der Waals surface area (Å²) < 4.78 is 5.44. The van der Waals surface area contributed by atoms with E-state index >= 15 is 0 Å². The van der Waals surface area contributed by atoms with Gasteiger partial charge in [0, 0.05) is 34.8 Å². The Morgan fingerprint density at radius 1 is 1.06 bits per heavy atom. The molecule has 0 radical (unpaired) electrons. The highest BCUT2D eigenvalue weighted by Gasteiger charge is 2.19. The summed E-state index contributed by atoms with van der Waals surface area (Å²) in [5.41, 5.74) is 5.03. The molecule has 0 unspecified atom stereocenters. The zero-order chi connectivity index (χ0) is 24.4. The van der Waals surface area contributed by atoms with Crippen LogP contribution in [-0.2, 0) is 0 Å². The molecule has 1 amide bonds. The number of hydrogen-bond acceptors (Lipinski definition) is 9. The Morgan fingerprint density at radius 3 is 2.66 bits per heavy atom. The van der Waals surface area contributed by atoms with Crippen LogP contribution in [0.1, 0.15) is 21.6 Å². The van der Waals surface area contributed by atoms with Crippen LogP contribution in [-0.4, -0.2) is 37.9 Å². The van der Waals surface area contributed by atoms with E-state index in [4.69, 9.17) is 10.00 Å². The van der Waals surface area contributed by atoms with Gasteiger partial charge in [0.05, 0.1) is 42.4 Å². The first kappa shape index (κ1) is 22.1. The molecule has 170 valence electrons. The fraction of sp³-hybridized carbons (Fsp3) is 0.0800. The van der Waals surface area contributed by atoms with Gasteiger partial charge in [-0.3, -0.25) is 20.1 Å². The zero-order valence-electron chi connectivity index (χ0n) is 18.7. The van der Waals surface area contributed by atoms with Crippen molar-refractivity contribution < 1.29 is 9.53 Å². The van der Waals surface area contributed by atoms with Crippen LogP contribution in [0.25, 0.3) is 32.9 Å². The van der Waals surface area contributed by atoms with Gasteiger partial charge in [-0.1, -0.05) is 23.5 Å². The summed E-state index contributed by atoms with van der Waals surface area (Å²) in [4.78, 5) is 35.6. The monoisotopic (exact) mass is 479 g/mol. The number of carbonyl (C=O) groups excluding carboxylic acids is 1. The van der Waals surface area contributed by atoms with Gasteiger partial charge in [0.1, 0.15) is 5.75 Å². The molecule has 10 heteroatoms. The summed E-state index contributed by atoms with van der Waals surface area (Å²) in [5.74, 6) is 0.189. The van der Waals surface area contributed by atoms with Crippen molar-refractivity contribution >= 4 is 32.9 Å². The third kappa shape index (κ3) is 4.40. The lowest BCUT2D eigenvalue weighted by atomic mass is 10.0. The minimum absolute atomic E-state index is 0.363. The maximum atomic E-state index is 13.2. The third-order valence-corrected chi connectivity index (χ3v) is 6.09. The van der Waals surface area contributed by atoms with Crippen LogP contribution < -0.4 is 10.1 Å². The van der Waals surface area contributed by atoms with E-state index in [0.29, 0.717) is 43.7 Å². The molecule has 0 aliphatic rings. The Bertz CT molecular complexity index is 1610. The van der Waals surface area contributed by atoms with E-state index in [1.165, 1.54) is 17.5 Å². The van der Waals surface area contributed by atoms with Gasteiger partial charge in [-0.05, 0) is 31.2 Å². The third-order valence-electron chi connectivity index (χ3n) is 5.23. The zero-order valence-corrected chi connectivity index (χ0v) is 19.5. The Morgan fingerprint density at radius 2 is 1.89 bits per heavy atom. The standard InChI is InChI=1S/C25H17N7O2S/c1-14-9-18(17-7-8-27-13-21(17)34-2)19(11-28-14)23(33)32-25-31-22-24(35-25)30-20(12-29-22)16-5-3-15(10-26)4-6-16/h3-9,11-13H,1-2H3,(H,29,31,32,33). The van der Waals surface area contributed by atoms with Crippen molar-refractivity contribution in [2.45, 2.75) is 6.92 Å². The summed E-state index contributed by atoms with van der Waals surface area (Å²) in [6.45, 7) is 1.86. The molecule has 1 aromatic carbocycles. The number of rotatable bonds is 5. The summed E-state index contributed by atoms with van der Waals surface area (Å²) in [5, 5.41) is 12.2.